The van der Waals surface area contributed by atoms with E-state index in [0.29, 0.717) is 12.2 Å². The quantitative estimate of drug-likeness (QED) is 0.909. The van der Waals surface area contributed by atoms with Gasteiger partial charge in [0.05, 0.1) is 10.6 Å². The lowest BCUT2D eigenvalue weighted by atomic mass is 10.1. The monoisotopic (exact) mass is 344 g/mol. The van der Waals surface area contributed by atoms with Crippen LogP contribution in [0.2, 0.25) is 0 Å². The van der Waals surface area contributed by atoms with Crippen LogP contribution < -0.4 is 0 Å². The van der Waals surface area contributed by atoms with Gasteiger partial charge in [-0.05, 0) is 44.9 Å². The van der Waals surface area contributed by atoms with E-state index >= 15 is 0 Å². The summed E-state index contributed by atoms with van der Waals surface area (Å²) in [6, 6.07) is 5.59. The molecule has 2 aliphatic rings. The number of nitrogens with one attached hydrogen (secondary N) is 1. The number of carbonyl (C=O) groups is 2. The Hall–Kier alpha value is -2.15. The number of H-pyrrole nitrogens is 1. The minimum atomic E-state index is -0.420. The molecule has 2 atom stereocenters. The van der Waals surface area contributed by atoms with E-state index in [1.54, 1.807) is 22.3 Å². The van der Waals surface area contributed by atoms with Crippen molar-refractivity contribution >= 4 is 23.2 Å². The third-order valence-corrected chi connectivity index (χ3v) is 5.99. The molecule has 2 aliphatic heterocycles. The van der Waals surface area contributed by atoms with Gasteiger partial charge in [0.1, 0.15) is 6.04 Å². The molecule has 2 aromatic heterocycles. The van der Waals surface area contributed by atoms with Crippen molar-refractivity contribution in [2.24, 2.45) is 0 Å². The first-order valence-corrected chi connectivity index (χ1v) is 9.10. The highest BCUT2D eigenvalue weighted by molar-refractivity contribution is 7.15. The lowest BCUT2D eigenvalue weighted by molar-refractivity contribution is -0.141. The van der Waals surface area contributed by atoms with Crippen LogP contribution in [0.25, 0.3) is 10.6 Å². The molecule has 4 heterocycles. The number of aromatic amines is 1. The van der Waals surface area contributed by atoms with E-state index in [1.165, 1.54) is 4.88 Å². The number of fused-ring (bicyclic) bond motifs is 1. The number of hydrogen-bond donors (Lipinski definition) is 1. The number of thiophene rings is 1. The number of amides is 2. The highest BCUT2D eigenvalue weighted by Gasteiger charge is 2.42. The van der Waals surface area contributed by atoms with Gasteiger partial charge in [0.25, 0.3) is 5.91 Å². The summed E-state index contributed by atoms with van der Waals surface area (Å²) < 4.78 is 0. The molecule has 4 rings (SSSR count). The summed E-state index contributed by atoms with van der Waals surface area (Å²) in [6.45, 7) is 5.28. The van der Waals surface area contributed by atoms with Crippen LogP contribution in [0.4, 0.5) is 0 Å². The zero-order chi connectivity index (χ0) is 16.8. The number of carbonyl (C=O) groups excluding carboxylic acids is 2. The first-order chi connectivity index (χ1) is 11.5. The Morgan fingerprint density at radius 3 is 3.00 bits per heavy atom. The molecule has 0 unspecified atom stereocenters. The Bertz CT molecular complexity index is 796. The van der Waals surface area contributed by atoms with Gasteiger partial charge in [-0.25, -0.2) is 0 Å². The molecular weight excluding hydrogens is 324 g/mol. The first kappa shape index (κ1) is 15.4. The van der Waals surface area contributed by atoms with Crippen LogP contribution in [0.1, 0.15) is 35.1 Å². The van der Waals surface area contributed by atoms with Crippen LogP contribution in [-0.2, 0) is 4.79 Å². The van der Waals surface area contributed by atoms with Crippen molar-refractivity contribution < 1.29 is 9.59 Å². The molecule has 2 aromatic rings. The maximum atomic E-state index is 12.9. The van der Waals surface area contributed by atoms with Crippen molar-refractivity contribution in [2.75, 3.05) is 13.1 Å². The Kier molecular flexibility index (Phi) is 3.68. The SMILES string of the molecule is Cc1ccc(-c2cc(C(=O)N3C[C@H]4CCCN4C(=O)[C@@H]3C)n[nH]2)s1. The Morgan fingerprint density at radius 1 is 1.42 bits per heavy atom. The van der Waals surface area contributed by atoms with Crippen LogP contribution >= 0.6 is 11.3 Å². The fourth-order valence-corrected chi connectivity index (χ4v) is 4.45. The summed E-state index contributed by atoms with van der Waals surface area (Å²) in [5.74, 6) is -0.111. The van der Waals surface area contributed by atoms with Crippen molar-refractivity contribution in [2.45, 2.75) is 38.8 Å². The van der Waals surface area contributed by atoms with E-state index in [4.69, 9.17) is 0 Å². The summed E-state index contributed by atoms with van der Waals surface area (Å²) in [4.78, 5) is 31.2. The van der Waals surface area contributed by atoms with Crippen LogP contribution in [0, 0.1) is 6.92 Å². The van der Waals surface area contributed by atoms with Crippen molar-refractivity contribution in [1.29, 1.82) is 0 Å². The fraction of sp³-hybridized carbons (Fsp3) is 0.471. The van der Waals surface area contributed by atoms with Crippen molar-refractivity contribution in [3.63, 3.8) is 0 Å². The summed E-state index contributed by atoms with van der Waals surface area (Å²) in [6.07, 6.45) is 2.00. The summed E-state index contributed by atoms with van der Waals surface area (Å²) in [5, 5.41) is 7.13. The van der Waals surface area contributed by atoms with Gasteiger partial charge in [-0.1, -0.05) is 0 Å². The topological polar surface area (TPSA) is 69.3 Å². The molecule has 0 aromatic carbocycles. The lowest BCUT2D eigenvalue weighted by Crippen LogP contribution is -2.60. The molecule has 2 amide bonds. The van der Waals surface area contributed by atoms with Gasteiger partial charge in [0.15, 0.2) is 5.69 Å². The zero-order valence-electron chi connectivity index (χ0n) is 13.8. The standard InChI is InChI=1S/C17H20N4O2S/c1-10-5-6-15(24-10)13-8-14(19-18-13)17(23)21-9-12-4-3-7-20(12)16(22)11(21)2/h5-6,8,11-12H,3-4,7,9H2,1-2H3,(H,18,19)/t11-,12+/m0/s1. The largest absolute Gasteiger partial charge is 0.336 e. The van der Waals surface area contributed by atoms with Gasteiger partial charge in [-0.2, -0.15) is 5.10 Å². The fourth-order valence-electron chi connectivity index (χ4n) is 3.62. The Balaban J connectivity index is 1.57. The molecule has 0 spiro atoms. The van der Waals surface area contributed by atoms with Gasteiger partial charge in [-0.15, -0.1) is 11.3 Å². The molecule has 0 radical (unpaired) electrons. The lowest BCUT2D eigenvalue weighted by Gasteiger charge is -2.41. The van der Waals surface area contributed by atoms with Crippen LogP contribution in [0.3, 0.4) is 0 Å². The van der Waals surface area contributed by atoms with Gasteiger partial charge < -0.3 is 9.80 Å². The van der Waals surface area contributed by atoms with E-state index in [-0.39, 0.29) is 17.9 Å². The molecule has 0 aliphatic carbocycles. The number of rotatable bonds is 2. The molecule has 7 heteroatoms. The first-order valence-electron chi connectivity index (χ1n) is 8.28. The van der Waals surface area contributed by atoms with E-state index < -0.39 is 6.04 Å². The summed E-state index contributed by atoms with van der Waals surface area (Å²) >= 11 is 1.66. The number of piperazine rings is 1. The van der Waals surface area contributed by atoms with E-state index in [9.17, 15) is 9.59 Å². The Labute approximate surface area is 144 Å². The predicted molar refractivity (Wildman–Crippen MR) is 91.9 cm³/mol. The average molecular weight is 344 g/mol. The Morgan fingerprint density at radius 2 is 2.25 bits per heavy atom. The van der Waals surface area contributed by atoms with Crippen molar-refractivity contribution in [1.82, 2.24) is 20.0 Å². The van der Waals surface area contributed by atoms with Crippen LogP contribution in [-0.4, -0.2) is 57.0 Å². The van der Waals surface area contributed by atoms with Crippen molar-refractivity contribution in [3.05, 3.63) is 28.8 Å². The predicted octanol–water partition coefficient (Wildman–Crippen LogP) is 2.28. The van der Waals surface area contributed by atoms with Gasteiger partial charge in [0, 0.05) is 24.0 Å². The molecule has 126 valence electrons. The average Bonchev–Trinajstić information content (AvgIpc) is 3.29. The maximum absolute atomic E-state index is 12.9. The third kappa shape index (κ3) is 2.43. The molecular formula is C17H20N4O2S. The maximum Gasteiger partial charge on any atom is 0.275 e. The third-order valence-electron chi connectivity index (χ3n) is 4.96. The number of aryl methyl sites for hydroxylation is 1. The summed E-state index contributed by atoms with van der Waals surface area (Å²) in [7, 11) is 0. The van der Waals surface area contributed by atoms with Gasteiger partial charge >= 0.3 is 0 Å². The molecule has 24 heavy (non-hydrogen) atoms. The molecule has 6 nitrogen and oxygen atoms in total. The smallest absolute Gasteiger partial charge is 0.275 e. The minimum absolute atomic E-state index is 0.0572. The number of hydrogen-bond acceptors (Lipinski definition) is 4. The molecule has 2 saturated heterocycles. The van der Waals surface area contributed by atoms with E-state index in [1.807, 2.05) is 30.9 Å². The number of aromatic nitrogens is 2. The van der Waals surface area contributed by atoms with Gasteiger partial charge in [-0.3, -0.25) is 14.7 Å². The molecule has 0 saturated carbocycles. The minimum Gasteiger partial charge on any atom is -0.336 e. The molecule has 0 bridgehead atoms. The molecule has 2 fully saturated rings. The highest BCUT2D eigenvalue weighted by atomic mass is 32.1. The zero-order valence-corrected chi connectivity index (χ0v) is 14.6. The second kappa shape index (κ2) is 5.73. The van der Waals surface area contributed by atoms with Gasteiger partial charge in [0.2, 0.25) is 5.91 Å². The van der Waals surface area contributed by atoms with E-state index in [2.05, 4.69) is 10.2 Å². The van der Waals surface area contributed by atoms with Crippen LogP contribution in [0.15, 0.2) is 18.2 Å². The highest BCUT2D eigenvalue weighted by Crippen LogP contribution is 2.29. The molecule has 1 N–H and O–H groups in total. The summed E-state index contributed by atoms with van der Waals surface area (Å²) in [5.41, 5.74) is 1.22. The second-order valence-electron chi connectivity index (χ2n) is 6.54. The van der Waals surface area contributed by atoms with E-state index in [0.717, 1.165) is 30.0 Å². The normalized spacial score (nSPS) is 23.7. The second-order valence-corrected chi connectivity index (χ2v) is 7.83. The van der Waals surface area contributed by atoms with Crippen LogP contribution in [0.5, 0.6) is 0 Å². The number of nitrogens with zero attached hydrogens (tertiary/aromatic N) is 3. The van der Waals surface area contributed by atoms with Crippen molar-refractivity contribution in [3.8, 4) is 10.6 Å².